The molecule has 60 heavy (non-hydrogen) atoms. The van der Waals surface area contributed by atoms with Gasteiger partial charge in [0.1, 0.15) is 5.69 Å². The van der Waals surface area contributed by atoms with Gasteiger partial charge in [-0.1, -0.05) is 145 Å². The van der Waals surface area contributed by atoms with Gasteiger partial charge in [0, 0.05) is 40.9 Å². The summed E-state index contributed by atoms with van der Waals surface area (Å²) in [5.74, 6) is 3.69. The third-order valence-electron chi connectivity index (χ3n) is 13.1. The second-order valence-corrected chi connectivity index (χ2v) is 18.3. The molecule has 0 unspecified atom stereocenters. The Hall–Kier alpha value is -5.19. The van der Waals surface area contributed by atoms with Crippen LogP contribution in [0.25, 0.3) is 33.7 Å². The van der Waals surface area contributed by atoms with Gasteiger partial charge in [-0.25, -0.2) is 9.78 Å². The summed E-state index contributed by atoms with van der Waals surface area (Å²) in [6, 6.07) is 44.8. The van der Waals surface area contributed by atoms with Crippen LogP contribution in [0.4, 0.5) is 4.79 Å². The molecule has 2 heterocycles. The van der Waals surface area contributed by atoms with Crippen molar-refractivity contribution in [2.75, 3.05) is 5.75 Å². The molecule has 3 atom stereocenters. The molecule has 4 bridgehead atoms. The average molecular weight is 818 g/mol. The minimum Gasteiger partial charge on any atom is -0.431 e. The number of nitrogens with zero attached hydrogens (tertiary/aromatic N) is 1. The van der Waals surface area contributed by atoms with Crippen LogP contribution in [0.5, 0.6) is 0 Å². The number of aliphatic hydroxyl groups excluding tert-OH is 1. The smallest absolute Gasteiger partial charge is 0.315 e. The van der Waals surface area contributed by atoms with Crippen LogP contribution >= 0.6 is 11.8 Å². The molecule has 0 spiro atoms. The molecule has 4 aliphatic carbocycles. The summed E-state index contributed by atoms with van der Waals surface area (Å²) in [7, 11) is 0. The van der Waals surface area contributed by atoms with Gasteiger partial charge in [0.15, 0.2) is 12.1 Å². The molecule has 1 aromatic heterocycles. The number of benzene rings is 5. The number of amides is 2. The van der Waals surface area contributed by atoms with E-state index in [1.165, 1.54) is 19.3 Å². The van der Waals surface area contributed by atoms with E-state index in [1.54, 1.807) is 11.8 Å². The number of nitrogens with one attached hydrogen (secondary N) is 2. The van der Waals surface area contributed by atoms with Crippen LogP contribution in [0.2, 0.25) is 0 Å². The number of aromatic nitrogens is 1. The van der Waals surface area contributed by atoms with Crippen LogP contribution < -0.4 is 10.6 Å². The fourth-order valence-corrected chi connectivity index (χ4v) is 11.5. The third kappa shape index (κ3) is 8.41. The van der Waals surface area contributed by atoms with Gasteiger partial charge in [-0.15, -0.1) is 0 Å². The highest BCUT2D eigenvalue weighted by Crippen LogP contribution is 2.55. The van der Waals surface area contributed by atoms with E-state index in [4.69, 9.17) is 18.9 Å². The molecular formula is C51H51N3O5S. The van der Waals surface area contributed by atoms with Gasteiger partial charge in [0.25, 0.3) is 5.22 Å². The molecule has 0 radical (unpaired) electrons. The number of urea groups is 1. The summed E-state index contributed by atoms with van der Waals surface area (Å²) in [6.07, 6.45) is 7.10. The van der Waals surface area contributed by atoms with Gasteiger partial charge < -0.3 is 29.6 Å². The van der Waals surface area contributed by atoms with Crippen LogP contribution in [0.3, 0.4) is 0 Å². The quantitative estimate of drug-likeness (QED) is 0.106. The number of ether oxygens (including phenoxy) is 2. The predicted molar refractivity (Wildman–Crippen MR) is 235 cm³/mol. The molecule has 1 saturated heterocycles. The maximum Gasteiger partial charge on any atom is 0.315 e. The van der Waals surface area contributed by atoms with Gasteiger partial charge in [0.2, 0.25) is 0 Å². The lowest BCUT2D eigenvalue weighted by molar-refractivity contribution is -0.245. The Kier molecular flexibility index (Phi) is 11.1. The van der Waals surface area contributed by atoms with Gasteiger partial charge in [-0.05, 0) is 84.1 Å². The minimum absolute atomic E-state index is 0.0104. The topological polar surface area (TPSA) is 106 Å². The number of hydrogen-bond acceptors (Lipinski definition) is 7. The SMILES string of the molecule is O=C(NCc1ccccc1-c1ccc([C@H]2O[C@@H](CSc3nc(-c4ccccc4)c(-c4ccccc4)o3)C[C@@H](c3ccc(CO)cc3)O2)cc1)NC12CC3CC(CC(C3)C1)C2. The highest BCUT2D eigenvalue weighted by atomic mass is 32.2. The van der Waals surface area contributed by atoms with Crippen LogP contribution in [0.1, 0.15) is 79.6 Å². The second kappa shape index (κ2) is 17.1. The Morgan fingerprint density at radius 3 is 2.02 bits per heavy atom. The van der Waals surface area contributed by atoms with Gasteiger partial charge in [-0.3, -0.25) is 0 Å². The number of rotatable bonds is 12. The molecule has 2 amide bonds. The fourth-order valence-electron chi connectivity index (χ4n) is 10.6. The van der Waals surface area contributed by atoms with Crippen LogP contribution in [0, 0.1) is 17.8 Å². The highest BCUT2D eigenvalue weighted by Gasteiger charge is 2.51. The Morgan fingerprint density at radius 2 is 1.33 bits per heavy atom. The molecule has 3 N–H and O–H groups in total. The molecule has 5 aromatic carbocycles. The first-order valence-corrected chi connectivity index (χ1v) is 22.4. The second-order valence-electron chi connectivity index (χ2n) is 17.3. The minimum atomic E-state index is -0.601. The van der Waals surface area contributed by atoms with Crippen molar-refractivity contribution >= 4 is 17.8 Å². The number of carbonyl (C=O) groups is 1. The number of carbonyl (C=O) groups excluding carboxylic acids is 1. The van der Waals surface area contributed by atoms with Crippen molar-refractivity contribution in [2.24, 2.45) is 17.8 Å². The number of oxazole rings is 1. The monoisotopic (exact) mass is 817 g/mol. The number of hydrogen-bond donors (Lipinski definition) is 3. The summed E-state index contributed by atoms with van der Waals surface area (Å²) < 4.78 is 19.9. The van der Waals surface area contributed by atoms with Crippen molar-refractivity contribution in [2.45, 2.75) is 87.4 Å². The number of aliphatic hydroxyl groups is 1. The maximum absolute atomic E-state index is 13.3. The van der Waals surface area contributed by atoms with E-state index in [0.29, 0.717) is 23.9 Å². The Labute approximate surface area is 356 Å². The predicted octanol–water partition coefficient (Wildman–Crippen LogP) is 11.3. The fraction of sp³-hybridized carbons (Fsp3) is 0.333. The Bertz CT molecular complexity index is 2310. The lowest BCUT2D eigenvalue weighted by Gasteiger charge is -2.56. The van der Waals surface area contributed by atoms with Gasteiger partial charge in [-0.2, -0.15) is 0 Å². The third-order valence-corrected chi connectivity index (χ3v) is 14.0. The van der Waals surface area contributed by atoms with Crippen molar-refractivity contribution in [1.82, 2.24) is 15.6 Å². The van der Waals surface area contributed by atoms with Gasteiger partial charge in [0.05, 0.1) is 18.8 Å². The lowest BCUT2D eigenvalue weighted by atomic mass is 9.53. The van der Waals surface area contributed by atoms with Gasteiger partial charge >= 0.3 is 6.03 Å². The van der Waals surface area contributed by atoms with Crippen molar-refractivity contribution < 1.29 is 23.8 Å². The normalized spacial score (nSPS) is 25.6. The zero-order valence-electron chi connectivity index (χ0n) is 33.7. The van der Waals surface area contributed by atoms with Crippen LogP contribution in [-0.2, 0) is 22.6 Å². The average Bonchev–Trinajstić information content (AvgIpc) is 3.72. The molecule has 11 rings (SSSR count). The summed E-state index contributed by atoms with van der Waals surface area (Å²) >= 11 is 1.55. The van der Waals surface area contributed by atoms with E-state index in [9.17, 15) is 9.90 Å². The molecule has 306 valence electrons. The van der Waals surface area contributed by atoms with E-state index in [2.05, 4.69) is 59.2 Å². The first-order chi connectivity index (χ1) is 29.5. The van der Waals surface area contributed by atoms with E-state index in [1.807, 2.05) is 84.9 Å². The Morgan fingerprint density at radius 1 is 0.700 bits per heavy atom. The molecule has 1 aliphatic heterocycles. The Balaban J connectivity index is 0.846. The largest absolute Gasteiger partial charge is 0.431 e. The number of thioether (sulfide) groups is 1. The van der Waals surface area contributed by atoms with Crippen molar-refractivity contribution in [3.63, 3.8) is 0 Å². The van der Waals surface area contributed by atoms with E-state index >= 15 is 0 Å². The summed E-state index contributed by atoms with van der Waals surface area (Å²) in [5.41, 5.74) is 8.79. The molecule has 5 aliphatic rings. The van der Waals surface area contributed by atoms with Crippen LogP contribution in [-0.4, -0.2) is 33.5 Å². The van der Waals surface area contributed by atoms with Crippen molar-refractivity contribution in [3.8, 4) is 33.7 Å². The van der Waals surface area contributed by atoms with E-state index in [-0.39, 0.29) is 30.4 Å². The zero-order valence-corrected chi connectivity index (χ0v) is 34.5. The molecule has 8 nitrogen and oxygen atoms in total. The molecule has 9 heteroatoms. The van der Waals surface area contributed by atoms with Crippen molar-refractivity contribution in [3.05, 3.63) is 156 Å². The summed E-state index contributed by atoms with van der Waals surface area (Å²) in [6.45, 7) is 0.439. The van der Waals surface area contributed by atoms with Crippen molar-refractivity contribution in [1.29, 1.82) is 0 Å². The maximum atomic E-state index is 13.3. The first-order valence-electron chi connectivity index (χ1n) is 21.5. The summed E-state index contributed by atoms with van der Waals surface area (Å²) in [5, 5.41) is 17.0. The molecule has 6 aromatic rings. The zero-order chi connectivity index (χ0) is 40.5. The highest BCUT2D eigenvalue weighted by molar-refractivity contribution is 7.99. The molecule has 4 saturated carbocycles. The first kappa shape index (κ1) is 39.0. The standard InChI is InChI=1S/C51H51N3O5S/c55-31-33-15-17-38(18-16-33)45-26-43(32-60-50-53-46(39-9-3-1-4-10-39)47(59-50)40-11-5-2-6-12-40)57-48(58-45)41-21-19-37(20-22-41)44-14-8-7-13-42(44)30-52-49(56)54-51-27-34-23-35(28-51)25-36(24-34)29-51/h1-22,34-36,43,45,48,55H,23-32H2,(H2,52,54,56)/t34?,35?,36?,43-,45+,48+,51?/m1/s1. The molecule has 5 fully saturated rings. The lowest BCUT2D eigenvalue weighted by Crippen LogP contribution is -2.61. The molecular weight excluding hydrogens is 767 g/mol. The van der Waals surface area contributed by atoms with Crippen LogP contribution in [0.15, 0.2) is 143 Å². The summed E-state index contributed by atoms with van der Waals surface area (Å²) in [4.78, 5) is 18.3. The van der Waals surface area contributed by atoms with E-state index in [0.717, 1.165) is 93.0 Å². The van der Waals surface area contributed by atoms with E-state index < -0.39 is 6.29 Å².